The second kappa shape index (κ2) is 39.9. The number of nitrogens with one attached hydrogen (secondary N) is 1. The van der Waals surface area contributed by atoms with Crippen LogP contribution in [0.15, 0.2) is 36.5 Å². The predicted molar refractivity (Wildman–Crippen MR) is 263 cm³/mol. The molecule has 12 atom stereocenters. The molecular formula is C53H97NO13. The molecule has 392 valence electrons. The fourth-order valence-electron chi connectivity index (χ4n) is 8.68. The first-order valence-electron chi connectivity index (χ1n) is 26.7. The molecule has 2 heterocycles. The van der Waals surface area contributed by atoms with Crippen LogP contribution in [0.4, 0.5) is 0 Å². The minimum Gasteiger partial charge on any atom is -0.394 e. The molecule has 0 aromatic carbocycles. The average molecular weight is 956 g/mol. The van der Waals surface area contributed by atoms with E-state index in [0.29, 0.717) is 12.8 Å². The van der Waals surface area contributed by atoms with Crippen molar-refractivity contribution in [1.82, 2.24) is 5.32 Å². The highest BCUT2D eigenvalue weighted by Crippen LogP contribution is 2.30. The molecule has 0 aromatic rings. The Hall–Kier alpha value is -1.79. The highest BCUT2D eigenvalue weighted by molar-refractivity contribution is 5.76. The number of unbranched alkanes of at least 4 members (excludes halogenated alkanes) is 24. The van der Waals surface area contributed by atoms with Crippen LogP contribution in [0.5, 0.6) is 0 Å². The van der Waals surface area contributed by atoms with Crippen LogP contribution >= 0.6 is 0 Å². The topological polar surface area (TPSA) is 228 Å². The fourth-order valence-corrected chi connectivity index (χ4v) is 8.68. The molecule has 0 saturated carbocycles. The van der Waals surface area contributed by atoms with E-state index in [1.54, 1.807) is 6.08 Å². The van der Waals surface area contributed by atoms with Crippen molar-refractivity contribution >= 4 is 5.91 Å². The van der Waals surface area contributed by atoms with Crippen LogP contribution in [0, 0.1) is 0 Å². The molecule has 2 aliphatic heterocycles. The van der Waals surface area contributed by atoms with Crippen molar-refractivity contribution in [2.45, 2.75) is 274 Å². The monoisotopic (exact) mass is 956 g/mol. The first-order valence-corrected chi connectivity index (χ1v) is 26.7. The SMILES string of the molecule is CCCCCCCCCCCCCCCCCC/C=C/CC/C=C/CC/C=C/C(O)C(COC1OC(CO)C(OC2OC(CO)C(O)C(O)C2O)C(O)C1O)NC(=O)CCCCCCCCC. The van der Waals surface area contributed by atoms with E-state index in [2.05, 4.69) is 43.5 Å². The summed E-state index contributed by atoms with van der Waals surface area (Å²) in [6, 6.07) is -0.932. The number of aliphatic hydroxyl groups is 8. The molecule has 67 heavy (non-hydrogen) atoms. The summed E-state index contributed by atoms with van der Waals surface area (Å²) in [4.78, 5) is 13.0. The van der Waals surface area contributed by atoms with Gasteiger partial charge in [0.05, 0.1) is 32.0 Å². The van der Waals surface area contributed by atoms with Gasteiger partial charge in [-0.3, -0.25) is 4.79 Å². The maximum Gasteiger partial charge on any atom is 0.220 e. The summed E-state index contributed by atoms with van der Waals surface area (Å²) < 4.78 is 22.6. The summed E-state index contributed by atoms with van der Waals surface area (Å²) in [6.07, 6.45) is 29.5. The zero-order chi connectivity index (χ0) is 48.9. The van der Waals surface area contributed by atoms with Crippen LogP contribution in [0.3, 0.4) is 0 Å². The van der Waals surface area contributed by atoms with Gasteiger partial charge in [-0.2, -0.15) is 0 Å². The molecular weight excluding hydrogens is 859 g/mol. The van der Waals surface area contributed by atoms with Gasteiger partial charge in [0.2, 0.25) is 5.91 Å². The van der Waals surface area contributed by atoms with E-state index < -0.39 is 86.8 Å². The molecule has 0 aliphatic carbocycles. The third-order valence-electron chi connectivity index (χ3n) is 13.1. The van der Waals surface area contributed by atoms with Crippen LogP contribution in [0.25, 0.3) is 0 Å². The van der Waals surface area contributed by atoms with Crippen molar-refractivity contribution in [3.8, 4) is 0 Å². The summed E-state index contributed by atoms with van der Waals surface area (Å²) in [5.74, 6) is -0.261. The molecule has 2 aliphatic rings. The molecule has 0 radical (unpaired) electrons. The maximum absolute atomic E-state index is 13.0. The van der Waals surface area contributed by atoms with Crippen LogP contribution in [0.2, 0.25) is 0 Å². The van der Waals surface area contributed by atoms with Crippen LogP contribution < -0.4 is 5.32 Å². The number of hydrogen-bond donors (Lipinski definition) is 9. The van der Waals surface area contributed by atoms with Crippen LogP contribution in [-0.4, -0.2) is 140 Å². The first-order chi connectivity index (χ1) is 32.6. The Morgan fingerprint density at radius 1 is 0.522 bits per heavy atom. The van der Waals surface area contributed by atoms with Gasteiger partial charge in [-0.05, 0) is 44.9 Å². The molecule has 12 unspecified atom stereocenters. The number of carbonyl (C=O) groups is 1. The van der Waals surface area contributed by atoms with E-state index in [0.717, 1.165) is 51.4 Å². The third-order valence-corrected chi connectivity index (χ3v) is 13.1. The van der Waals surface area contributed by atoms with Gasteiger partial charge in [-0.25, -0.2) is 0 Å². The predicted octanol–water partition coefficient (Wildman–Crippen LogP) is 7.49. The Labute approximate surface area is 404 Å². The van der Waals surface area contributed by atoms with E-state index >= 15 is 0 Å². The zero-order valence-corrected chi connectivity index (χ0v) is 41.6. The normalized spacial score (nSPS) is 26.8. The Morgan fingerprint density at radius 3 is 1.46 bits per heavy atom. The number of amides is 1. The van der Waals surface area contributed by atoms with Gasteiger partial charge in [0.15, 0.2) is 12.6 Å². The quantitative estimate of drug-likeness (QED) is 0.0214. The lowest BCUT2D eigenvalue weighted by Gasteiger charge is -2.46. The molecule has 0 spiro atoms. The number of allylic oxidation sites excluding steroid dienone is 5. The fraction of sp³-hybridized carbons (Fsp3) is 0.868. The highest BCUT2D eigenvalue weighted by atomic mass is 16.7. The lowest BCUT2D eigenvalue weighted by molar-refractivity contribution is -0.359. The second-order valence-electron chi connectivity index (χ2n) is 19.0. The van der Waals surface area contributed by atoms with Crippen molar-refractivity contribution in [1.29, 1.82) is 0 Å². The summed E-state index contributed by atoms with van der Waals surface area (Å²) in [5.41, 5.74) is 0. The molecule has 9 N–H and O–H groups in total. The van der Waals surface area contributed by atoms with E-state index in [1.807, 2.05) is 6.08 Å². The Morgan fingerprint density at radius 2 is 0.955 bits per heavy atom. The lowest BCUT2D eigenvalue weighted by atomic mass is 9.97. The van der Waals surface area contributed by atoms with Crippen LogP contribution in [-0.2, 0) is 23.7 Å². The molecule has 0 bridgehead atoms. The van der Waals surface area contributed by atoms with Gasteiger partial charge in [0.1, 0.15) is 48.8 Å². The van der Waals surface area contributed by atoms with E-state index in [1.165, 1.54) is 116 Å². The largest absolute Gasteiger partial charge is 0.394 e. The van der Waals surface area contributed by atoms with Crippen molar-refractivity contribution in [2.75, 3.05) is 19.8 Å². The Bertz CT molecular complexity index is 1270. The minimum absolute atomic E-state index is 0.261. The Kier molecular flexibility index (Phi) is 36.5. The van der Waals surface area contributed by atoms with E-state index in [-0.39, 0.29) is 18.9 Å². The number of carbonyl (C=O) groups excluding carboxylic acids is 1. The lowest BCUT2D eigenvalue weighted by Crippen LogP contribution is -2.65. The molecule has 14 nitrogen and oxygen atoms in total. The summed E-state index contributed by atoms with van der Waals surface area (Å²) in [7, 11) is 0. The van der Waals surface area contributed by atoms with Crippen molar-refractivity contribution in [2.24, 2.45) is 0 Å². The number of hydrogen-bond acceptors (Lipinski definition) is 13. The number of aliphatic hydroxyl groups excluding tert-OH is 8. The smallest absolute Gasteiger partial charge is 0.220 e. The summed E-state index contributed by atoms with van der Waals surface area (Å²) >= 11 is 0. The van der Waals surface area contributed by atoms with Gasteiger partial charge in [-0.1, -0.05) is 185 Å². The van der Waals surface area contributed by atoms with Gasteiger partial charge < -0.3 is 65.1 Å². The van der Waals surface area contributed by atoms with Gasteiger partial charge in [0.25, 0.3) is 0 Å². The van der Waals surface area contributed by atoms with E-state index in [9.17, 15) is 45.6 Å². The Balaban J connectivity index is 1.74. The average Bonchev–Trinajstić information content (AvgIpc) is 3.32. The van der Waals surface area contributed by atoms with Crippen molar-refractivity contribution < 1.29 is 64.6 Å². The van der Waals surface area contributed by atoms with Crippen molar-refractivity contribution in [3.63, 3.8) is 0 Å². The van der Waals surface area contributed by atoms with E-state index in [4.69, 9.17) is 18.9 Å². The molecule has 2 rings (SSSR count). The second-order valence-corrected chi connectivity index (χ2v) is 19.0. The summed E-state index contributed by atoms with van der Waals surface area (Å²) in [6.45, 7) is 2.70. The molecule has 2 fully saturated rings. The van der Waals surface area contributed by atoms with Gasteiger partial charge >= 0.3 is 0 Å². The van der Waals surface area contributed by atoms with Gasteiger partial charge in [-0.15, -0.1) is 0 Å². The molecule has 0 aromatic heterocycles. The zero-order valence-electron chi connectivity index (χ0n) is 41.6. The number of ether oxygens (including phenoxy) is 4. The number of rotatable bonds is 41. The molecule has 2 saturated heterocycles. The highest BCUT2D eigenvalue weighted by Gasteiger charge is 2.51. The minimum atomic E-state index is -1.79. The summed E-state index contributed by atoms with van der Waals surface area (Å²) in [5, 5.41) is 86.5. The molecule has 1 amide bonds. The standard InChI is InChI=1S/C53H97NO13/c1-3-5-7-9-11-12-13-14-15-16-17-18-19-20-21-22-23-24-25-26-27-28-29-31-32-34-36-42(57)41(54-45(58)37-35-33-30-10-8-6-4-2)40-64-52-50(63)48(61)51(44(39-56)66-52)67-53-49(62)47(60)46(59)43(38-55)65-53/h24-25,28-29,34,36,41-44,46-53,55-57,59-63H,3-23,26-27,30-33,35,37-40H2,1-2H3,(H,54,58)/b25-24+,29-28+,36-34+. The first kappa shape index (κ1) is 61.3. The third kappa shape index (κ3) is 26.8. The van der Waals surface area contributed by atoms with Crippen LogP contribution in [0.1, 0.15) is 200 Å². The van der Waals surface area contributed by atoms with Gasteiger partial charge in [0, 0.05) is 6.42 Å². The van der Waals surface area contributed by atoms with Crippen molar-refractivity contribution in [3.05, 3.63) is 36.5 Å². The molecule has 14 heteroatoms. The maximum atomic E-state index is 13.0.